The van der Waals surface area contributed by atoms with Gasteiger partial charge in [0.15, 0.2) is 0 Å². The minimum absolute atomic E-state index is 0.228. The van der Waals surface area contributed by atoms with E-state index in [4.69, 9.17) is 5.11 Å². The molecule has 0 aliphatic heterocycles. The van der Waals surface area contributed by atoms with Crippen molar-refractivity contribution in [1.29, 1.82) is 0 Å². The Bertz CT molecular complexity index is 408. The Balaban J connectivity index is 3.64. The Morgan fingerprint density at radius 3 is 1.53 bits per heavy atom. The summed E-state index contributed by atoms with van der Waals surface area (Å²) < 4.78 is 74.7. The van der Waals surface area contributed by atoms with Crippen LogP contribution in [0.25, 0.3) is 6.08 Å². The molecular formula is C10H6F6O. The first-order valence-corrected chi connectivity index (χ1v) is 4.21. The summed E-state index contributed by atoms with van der Waals surface area (Å²) in [4.78, 5) is 0. The Morgan fingerprint density at radius 2 is 1.29 bits per heavy atom. The molecule has 0 radical (unpaired) electrons. The van der Waals surface area contributed by atoms with E-state index in [0.717, 1.165) is 0 Å². The minimum Gasteiger partial charge on any atom is -0.508 e. The molecule has 0 spiro atoms. The van der Waals surface area contributed by atoms with Gasteiger partial charge in [0.25, 0.3) is 0 Å². The molecule has 0 bridgehead atoms. The number of alkyl halides is 6. The molecule has 1 aromatic rings. The summed E-state index contributed by atoms with van der Waals surface area (Å²) >= 11 is 0. The van der Waals surface area contributed by atoms with Crippen molar-refractivity contribution in [3.63, 3.8) is 0 Å². The van der Waals surface area contributed by atoms with Gasteiger partial charge >= 0.3 is 12.4 Å². The molecule has 0 saturated heterocycles. The van der Waals surface area contributed by atoms with E-state index in [1.54, 1.807) is 0 Å². The van der Waals surface area contributed by atoms with Crippen molar-refractivity contribution in [1.82, 2.24) is 0 Å². The van der Waals surface area contributed by atoms with Crippen LogP contribution < -0.4 is 0 Å². The Hall–Kier alpha value is -1.66. The van der Waals surface area contributed by atoms with Crippen LogP contribution in [0.15, 0.2) is 18.7 Å². The number of hydrogen-bond acceptors (Lipinski definition) is 1. The van der Waals surface area contributed by atoms with Crippen LogP contribution in [0.2, 0.25) is 0 Å². The second-order valence-electron chi connectivity index (χ2n) is 3.15. The number of halogens is 6. The zero-order valence-electron chi connectivity index (χ0n) is 8.15. The maximum Gasteiger partial charge on any atom is 0.417 e. The van der Waals surface area contributed by atoms with Crippen molar-refractivity contribution in [2.24, 2.45) is 0 Å². The van der Waals surface area contributed by atoms with Gasteiger partial charge in [-0.05, 0) is 17.7 Å². The topological polar surface area (TPSA) is 20.2 Å². The summed E-state index contributed by atoms with van der Waals surface area (Å²) in [7, 11) is 0. The predicted octanol–water partition coefficient (Wildman–Crippen LogP) is 4.07. The van der Waals surface area contributed by atoms with Crippen molar-refractivity contribution < 1.29 is 31.4 Å². The van der Waals surface area contributed by atoms with Gasteiger partial charge in [0.2, 0.25) is 0 Å². The third kappa shape index (κ3) is 2.72. The second-order valence-corrected chi connectivity index (χ2v) is 3.15. The molecule has 0 aliphatic carbocycles. The summed E-state index contributed by atoms with van der Waals surface area (Å²) in [6, 6.07) is 0.457. The van der Waals surface area contributed by atoms with Gasteiger partial charge in [-0.2, -0.15) is 26.3 Å². The number of aromatic hydroxyl groups is 1. The third-order valence-electron chi connectivity index (χ3n) is 1.98. The number of phenolic OH excluding ortho intramolecular Hbond substituents is 1. The molecule has 1 nitrogen and oxygen atoms in total. The number of hydrogen-bond donors (Lipinski definition) is 1. The van der Waals surface area contributed by atoms with Gasteiger partial charge < -0.3 is 5.11 Å². The van der Waals surface area contributed by atoms with E-state index in [2.05, 4.69) is 6.58 Å². The molecule has 0 unspecified atom stereocenters. The highest BCUT2D eigenvalue weighted by atomic mass is 19.4. The lowest BCUT2D eigenvalue weighted by Crippen LogP contribution is -2.14. The Morgan fingerprint density at radius 1 is 0.941 bits per heavy atom. The molecule has 1 rings (SSSR count). The molecule has 1 N–H and O–H groups in total. The fourth-order valence-corrected chi connectivity index (χ4v) is 1.33. The highest BCUT2D eigenvalue weighted by Crippen LogP contribution is 2.42. The van der Waals surface area contributed by atoms with Crippen molar-refractivity contribution in [3.05, 3.63) is 35.4 Å². The van der Waals surface area contributed by atoms with Crippen molar-refractivity contribution >= 4 is 6.08 Å². The summed E-state index contributed by atoms with van der Waals surface area (Å²) in [5, 5.41) is 8.91. The van der Waals surface area contributed by atoms with Crippen LogP contribution >= 0.6 is 0 Å². The molecule has 17 heavy (non-hydrogen) atoms. The molecule has 0 atom stereocenters. The van der Waals surface area contributed by atoms with E-state index >= 15 is 0 Å². The molecule has 0 aromatic heterocycles. The van der Waals surface area contributed by atoms with Crippen LogP contribution in [-0.2, 0) is 12.4 Å². The predicted molar refractivity (Wildman–Crippen MR) is 48.2 cm³/mol. The van der Waals surface area contributed by atoms with E-state index in [9.17, 15) is 26.3 Å². The summed E-state index contributed by atoms with van der Waals surface area (Å²) in [5.74, 6) is -1.10. The zero-order chi connectivity index (χ0) is 13.4. The molecule has 0 fully saturated rings. The standard InChI is InChI=1S/C10H6F6O/c1-2-6-7(9(11,12)13)3-5(17)4-8(6)10(14,15)16/h2-4,17H,1H2. The lowest BCUT2D eigenvalue weighted by atomic mass is 9.99. The molecule has 7 heteroatoms. The lowest BCUT2D eigenvalue weighted by molar-refractivity contribution is -0.143. The summed E-state index contributed by atoms with van der Waals surface area (Å²) in [6.45, 7) is 2.93. The number of rotatable bonds is 1. The summed E-state index contributed by atoms with van der Waals surface area (Å²) in [5.41, 5.74) is -4.23. The molecule has 0 saturated carbocycles. The second kappa shape index (κ2) is 3.97. The molecule has 0 aliphatic rings. The average Bonchev–Trinajstić information content (AvgIpc) is 2.13. The first-order chi connectivity index (χ1) is 7.57. The SMILES string of the molecule is C=Cc1c(C(F)(F)F)cc(O)cc1C(F)(F)F. The fourth-order valence-electron chi connectivity index (χ4n) is 1.33. The minimum atomic E-state index is -5.00. The summed E-state index contributed by atoms with van der Waals surface area (Å²) in [6.07, 6.45) is -9.53. The smallest absolute Gasteiger partial charge is 0.417 e. The first kappa shape index (κ1) is 13.4. The van der Waals surface area contributed by atoms with Gasteiger partial charge in [0, 0.05) is 0 Å². The number of phenols is 1. The highest BCUT2D eigenvalue weighted by Gasteiger charge is 2.40. The average molecular weight is 256 g/mol. The van der Waals surface area contributed by atoms with E-state index < -0.39 is 34.8 Å². The third-order valence-corrected chi connectivity index (χ3v) is 1.98. The maximum atomic E-state index is 12.5. The molecule has 1 aromatic carbocycles. The zero-order valence-corrected chi connectivity index (χ0v) is 8.15. The van der Waals surface area contributed by atoms with E-state index in [0.29, 0.717) is 6.08 Å². The Labute approximate surface area is 92.0 Å². The van der Waals surface area contributed by atoms with E-state index in [-0.39, 0.29) is 12.1 Å². The fraction of sp³-hybridized carbons (Fsp3) is 0.200. The first-order valence-electron chi connectivity index (χ1n) is 4.21. The molecule has 94 valence electrons. The van der Waals surface area contributed by atoms with Gasteiger partial charge in [0.05, 0.1) is 11.1 Å². The van der Waals surface area contributed by atoms with Crippen molar-refractivity contribution in [3.8, 4) is 5.75 Å². The quantitative estimate of drug-likeness (QED) is 0.751. The van der Waals surface area contributed by atoms with E-state index in [1.165, 1.54) is 0 Å². The van der Waals surface area contributed by atoms with Gasteiger partial charge in [-0.3, -0.25) is 0 Å². The largest absolute Gasteiger partial charge is 0.508 e. The normalized spacial score (nSPS) is 12.6. The van der Waals surface area contributed by atoms with Crippen molar-refractivity contribution in [2.45, 2.75) is 12.4 Å². The van der Waals surface area contributed by atoms with E-state index in [1.807, 2.05) is 0 Å². The van der Waals surface area contributed by atoms with Gasteiger partial charge in [-0.25, -0.2) is 0 Å². The maximum absolute atomic E-state index is 12.5. The molecule has 0 heterocycles. The van der Waals surface area contributed by atoms with Crippen LogP contribution in [0.4, 0.5) is 26.3 Å². The monoisotopic (exact) mass is 256 g/mol. The van der Waals surface area contributed by atoms with Crippen molar-refractivity contribution in [2.75, 3.05) is 0 Å². The van der Waals surface area contributed by atoms with Crippen LogP contribution in [0.1, 0.15) is 16.7 Å². The number of benzene rings is 1. The Kier molecular flexibility index (Phi) is 3.13. The van der Waals surface area contributed by atoms with Gasteiger partial charge in [-0.15, -0.1) is 0 Å². The van der Waals surface area contributed by atoms with Crippen LogP contribution in [0, 0.1) is 0 Å². The van der Waals surface area contributed by atoms with Crippen LogP contribution in [0.3, 0.4) is 0 Å². The van der Waals surface area contributed by atoms with Crippen LogP contribution in [0.5, 0.6) is 5.75 Å². The molecule has 0 amide bonds. The van der Waals surface area contributed by atoms with Crippen LogP contribution in [-0.4, -0.2) is 5.11 Å². The lowest BCUT2D eigenvalue weighted by Gasteiger charge is -2.16. The highest BCUT2D eigenvalue weighted by molar-refractivity contribution is 5.60. The van der Waals surface area contributed by atoms with Gasteiger partial charge in [0.1, 0.15) is 5.75 Å². The molecular weight excluding hydrogens is 250 g/mol. The van der Waals surface area contributed by atoms with Gasteiger partial charge in [-0.1, -0.05) is 12.7 Å².